The zero-order valence-corrected chi connectivity index (χ0v) is 10.2. The molecule has 3 rings (SSSR count). The predicted molar refractivity (Wildman–Crippen MR) is 65.8 cm³/mol. The van der Waals surface area contributed by atoms with E-state index < -0.39 is 0 Å². The standard InChI is InChI=1S/C15H20O/c1-10-7-13(14(16)8-11(10)2)15-5-3-12(9-15)4-6-15/h7-8,12,16H,3-6,9H2,1-2H3. The average molecular weight is 216 g/mol. The van der Waals surface area contributed by atoms with Gasteiger partial charge in [0.05, 0.1) is 0 Å². The summed E-state index contributed by atoms with van der Waals surface area (Å²) in [6.07, 6.45) is 6.61. The number of hydrogen-bond donors (Lipinski definition) is 1. The van der Waals surface area contributed by atoms with E-state index in [1.54, 1.807) is 0 Å². The highest BCUT2D eigenvalue weighted by Gasteiger charge is 2.47. The van der Waals surface area contributed by atoms with E-state index in [-0.39, 0.29) is 0 Å². The first kappa shape index (κ1) is 10.2. The van der Waals surface area contributed by atoms with Crippen molar-refractivity contribution in [2.45, 2.75) is 51.4 Å². The summed E-state index contributed by atoms with van der Waals surface area (Å²) in [5, 5.41) is 10.2. The highest BCUT2D eigenvalue weighted by Crippen LogP contribution is 2.57. The molecule has 1 nitrogen and oxygen atoms in total. The van der Waals surface area contributed by atoms with Crippen LogP contribution in [0.1, 0.15) is 48.8 Å². The van der Waals surface area contributed by atoms with Gasteiger partial charge in [0.2, 0.25) is 0 Å². The second kappa shape index (κ2) is 3.26. The number of rotatable bonds is 1. The molecule has 1 aromatic rings. The van der Waals surface area contributed by atoms with Crippen molar-refractivity contribution in [2.75, 3.05) is 0 Å². The van der Waals surface area contributed by atoms with Crippen molar-refractivity contribution in [1.29, 1.82) is 0 Å². The minimum Gasteiger partial charge on any atom is -0.508 e. The number of benzene rings is 1. The SMILES string of the molecule is Cc1cc(O)c(C23CCC(CC2)C3)cc1C. The first-order chi connectivity index (χ1) is 7.61. The van der Waals surface area contributed by atoms with Crippen LogP contribution in [0.3, 0.4) is 0 Å². The van der Waals surface area contributed by atoms with Crippen LogP contribution in [0.15, 0.2) is 12.1 Å². The molecular formula is C15H20O. The first-order valence-corrected chi connectivity index (χ1v) is 6.41. The molecule has 1 heteroatoms. The topological polar surface area (TPSA) is 20.2 Å². The fraction of sp³-hybridized carbons (Fsp3) is 0.600. The molecule has 0 atom stereocenters. The Labute approximate surface area is 97.5 Å². The van der Waals surface area contributed by atoms with E-state index in [1.807, 2.05) is 6.07 Å². The Bertz CT molecular complexity index is 425. The van der Waals surface area contributed by atoms with Crippen LogP contribution >= 0.6 is 0 Å². The second-order valence-corrected chi connectivity index (χ2v) is 5.88. The zero-order chi connectivity index (χ0) is 11.3. The van der Waals surface area contributed by atoms with E-state index in [4.69, 9.17) is 0 Å². The lowest BCUT2D eigenvalue weighted by molar-refractivity contribution is 0.389. The largest absolute Gasteiger partial charge is 0.508 e. The van der Waals surface area contributed by atoms with Crippen molar-refractivity contribution < 1.29 is 5.11 Å². The van der Waals surface area contributed by atoms with Gasteiger partial charge in [-0.1, -0.05) is 6.07 Å². The Morgan fingerprint density at radius 1 is 1.12 bits per heavy atom. The minimum atomic E-state index is 0.327. The maximum atomic E-state index is 10.2. The van der Waals surface area contributed by atoms with Gasteiger partial charge in [0.15, 0.2) is 0 Å². The van der Waals surface area contributed by atoms with Crippen molar-refractivity contribution in [3.63, 3.8) is 0 Å². The van der Waals surface area contributed by atoms with Crippen molar-refractivity contribution in [3.05, 3.63) is 28.8 Å². The van der Waals surface area contributed by atoms with Crippen LogP contribution < -0.4 is 0 Å². The normalized spacial score (nSPS) is 32.2. The van der Waals surface area contributed by atoms with Gasteiger partial charge >= 0.3 is 0 Å². The van der Waals surface area contributed by atoms with Crippen LogP contribution in [0.4, 0.5) is 0 Å². The van der Waals surface area contributed by atoms with Crippen molar-refractivity contribution >= 4 is 0 Å². The highest BCUT2D eigenvalue weighted by molar-refractivity contribution is 5.46. The van der Waals surface area contributed by atoms with Gasteiger partial charge in [-0.2, -0.15) is 0 Å². The maximum absolute atomic E-state index is 10.2. The van der Waals surface area contributed by atoms with E-state index in [2.05, 4.69) is 19.9 Å². The summed E-state index contributed by atoms with van der Waals surface area (Å²) in [6.45, 7) is 4.22. The summed E-state index contributed by atoms with van der Waals surface area (Å²) in [6, 6.07) is 4.18. The number of hydrogen-bond acceptors (Lipinski definition) is 1. The molecule has 2 saturated carbocycles. The summed E-state index contributed by atoms with van der Waals surface area (Å²) in [5.41, 5.74) is 4.08. The molecule has 0 saturated heterocycles. The van der Waals surface area contributed by atoms with Gasteiger partial charge in [0.25, 0.3) is 0 Å². The van der Waals surface area contributed by atoms with Crippen LogP contribution in [-0.2, 0) is 5.41 Å². The van der Waals surface area contributed by atoms with Gasteiger partial charge < -0.3 is 5.11 Å². The molecule has 0 spiro atoms. The summed E-state index contributed by atoms with van der Waals surface area (Å²) in [4.78, 5) is 0. The Morgan fingerprint density at radius 2 is 1.75 bits per heavy atom. The van der Waals surface area contributed by atoms with Gasteiger partial charge in [-0.05, 0) is 74.5 Å². The molecule has 0 unspecified atom stereocenters. The molecule has 0 aromatic heterocycles. The van der Waals surface area contributed by atoms with Crippen molar-refractivity contribution in [1.82, 2.24) is 0 Å². The van der Waals surface area contributed by atoms with E-state index >= 15 is 0 Å². The third kappa shape index (κ3) is 1.30. The molecule has 1 aromatic carbocycles. The fourth-order valence-electron chi connectivity index (χ4n) is 3.80. The molecule has 0 heterocycles. The maximum Gasteiger partial charge on any atom is 0.119 e. The molecule has 2 aliphatic rings. The van der Waals surface area contributed by atoms with Gasteiger partial charge in [0.1, 0.15) is 5.75 Å². The third-order valence-electron chi connectivity index (χ3n) is 4.93. The third-order valence-corrected chi connectivity index (χ3v) is 4.93. The lowest BCUT2D eigenvalue weighted by atomic mass is 9.76. The Morgan fingerprint density at radius 3 is 2.31 bits per heavy atom. The molecule has 2 bridgehead atoms. The average Bonchev–Trinajstić information content (AvgIpc) is 2.84. The quantitative estimate of drug-likeness (QED) is 0.756. The van der Waals surface area contributed by atoms with Crippen LogP contribution in [0.5, 0.6) is 5.75 Å². The smallest absolute Gasteiger partial charge is 0.119 e. The highest BCUT2D eigenvalue weighted by atomic mass is 16.3. The lowest BCUT2D eigenvalue weighted by Gasteiger charge is -2.28. The van der Waals surface area contributed by atoms with Crippen molar-refractivity contribution in [2.24, 2.45) is 5.92 Å². The number of phenolic OH excluding ortho intramolecular Hbond substituents is 1. The minimum absolute atomic E-state index is 0.327. The van der Waals surface area contributed by atoms with Crippen LogP contribution in [0.25, 0.3) is 0 Å². The van der Waals surface area contributed by atoms with E-state index in [0.717, 1.165) is 5.92 Å². The van der Waals surface area contributed by atoms with E-state index in [0.29, 0.717) is 11.2 Å². The molecule has 2 aliphatic carbocycles. The molecular weight excluding hydrogens is 196 g/mol. The Balaban J connectivity index is 2.09. The van der Waals surface area contributed by atoms with Gasteiger partial charge in [-0.25, -0.2) is 0 Å². The van der Waals surface area contributed by atoms with Crippen LogP contribution in [-0.4, -0.2) is 5.11 Å². The van der Waals surface area contributed by atoms with E-state index in [9.17, 15) is 5.11 Å². The molecule has 2 fully saturated rings. The van der Waals surface area contributed by atoms with Crippen molar-refractivity contribution in [3.8, 4) is 5.75 Å². The zero-order valence-electron chi connectivity index (χ0n) is 10.2. The van der Waals surface area contributed by atoms with E-state index in [1.165, 1.54) is 48.8 Å². The van der Waals surface area contributed by atoms with Crippen LogP contribution in [0.2, 0.25) is 0 Å². The van der Waals surface area contributed by atoms with Gasteiger partial charge in [-0.3, -0.25) is 0 Å². The first-order valence-electron chi connectivity index (χ1n) is 6.41. The molecule has 0 radical (unpaired) electrons. The van der Waals surface area contributed by atoms with Gasteiger partial charge in [0, 0.05) is 5.56 Å². The predicted octanol–water partition coefficient (Wildman–Crippen LogP) is 3.84. The Hall–Kier alpha value is -0.980. The monoisotopic (exact) mass is 216 g/mol. The number of aromatic hydroxyl groups is 1. The fourth-order valence-corrected chi connectivity index (χ4v) is 3.80. The summed E-state index contributed by atoms with van der Waals surface area (Å²) < 4.78 is 0. The molecule has 16 heavy (non-hydrogen) atoms. The summed E-state index contributed by atoms with van der Waals surface area (Å²) in [7, 11) is 0. The summed E-state index contributed by atoms with van der Waals surface area (Å²) >= 11 is 0. The lowest BCUT2D eigenvalue weighted by Crippen LogP contribution is -2.20. The number of aryl methyl sites for hydroxylation is 2. The summed E-state index contributed by atoms with van der Waals surface area (Å²) in [5.74, 6) is 1.46. The molecule has 86 valence electrons. The molecule has 1 N–H and O–H groups in total. The Kier molecular flexibility index (Phi) is 2.07. The number of fused-ring (bicyclic) bond motifs is 2. The molecule has 0 amide bonds. The second-order valence-electron chi connectivity index (χ2n) is 5.88. The van der Waals surface area contributed by atoms with Crippen LogP contribution in [0, 0.1) is 19.8 Å². The molecule has 0 aliphatic heterocycles. The number of phenols is 1. The van der Waals surface area contributed by atoms with Gasteiger partial charge in [-0.15, -0.1) is 0 Å².